The van der Waals surface area contributed by atoms with Crippen LogP contribution in [0.25, 0.3) is 0 Å². The zero-order valence-electron chi connectivity index (χ0n) is 11.4. The van der Waals surface area contributed by atoms with E-state index in [1.807, 2.05) is 6.92 Å². The third-order valence-corrected chi connectivity index (χ3v) is 6.56. The van der Waals surface area contributed by atoms with Gasteiger partial charge in [-0.2, -0.15) is 0 Å². The molecule has 0 bridgehead atoms. The van der Waals surface area contributed by atoms with E-state index in [4.69, 9.17) is 0 Å². The van der Waals surface area contributed by atoms with Crippen LogP contribution in [0.15, 0.2) is 23.1 Å². The Kier molecular flexibility index (Phi) is 4.08. The molecular weight excluding hydrogens is 300 g/mol. The molecule has 1 aliphatic rings. The average Bonchev–Trinajstić information content (AvgIpc) is 2.71. The smallest absolute Gasteiger partial charge is 0.240 e. The van der Waals surface area contributed by atoms with Gasteiger partial charge in [0.05, 0.1) is 16.4 Å². The zero-order chi connectivity index (χ0) is 15.0. The summed E-state index contributed by atoms with van der Waals surface area (Å²) in [7, 11) is -5.11. The molecule has 8 heteroatoms. The number of sulfonamides is 1. The number of aryl methyl sites for hydroxylation is 1. The zero-order valence-corrected chi connectivity index (χ0v) is 13.0. The molecule has 1 aliphatic heterocycles. The van der Waals surface area contributed by atoms with Crippen molar-refractivity contribution < 1.29 is 16.8 Å². The molecule has 0 spiro atoms. The van der Waals surface area contributed by atoms with Crippen molar-refractivity contribution in [2.45, 2.75) is 24.3 Å². The summed E-state index contributed by atoms with van der Waals surface area (Å²) in [6.45, 7) is 1.85. The Hall–Kier alpha value is -1.12. The van der Waals surface area contributed by atoms with Crippen LogP contribution in [-0.4, -0.2) is 41.4 Å². The van der Waals surface area contributed by atoms with Crippen LogP contribution in [0.5, 0.6) is 0 Å². The minimum absolute atomic E-state index is 0.0927. The van der Waals surface area contributed by atoms with Crippen LogP contribution >= 0.6 is 0 Å². The van der Waals surface area contributed by atoms with Crippen molar-refractivity contribution >= 4 is 25.5 Å². The Bertz CT molecular complexity index is 711. The molecule has 1 fully saturated rings. The third kappa shape index (κ3) is 3.31. The minimum atomic E-state index is -3.50. The van der Waals surface area contributed by atoms with Gasteiger partial charge in [0.2, 0.25) is 10.0 Å². The Balaban J connectivity index is 2.26. The number of rotatable bonds is 4. The minimum Gasteiger partial charge on any atom is -0.381 e. The van der Waals surface area contributed by atoms with Crippen LogP contribution in [0.4, 0.5) is 5.69 Å². The quantitative estimate of drug-likeness (QED) is 0.843. The van der Waals surface area contributed by atoms with E-state index in [2.05, 4.69) is 10.0 Å². The maximum atomic E-state index is 11.8. The Labute approximate surface area is 119 Å². The lowest BCUT2D eigenvalue weighted by Crippen LogP contribution is -2.22. The lowest BCUT2D eigenvalue weighted by Gasteiger charge is -2.16. The summed E-state index contributed by atoms with van der Waals surface area (Å²) < 4.78 is 48.7. The molecule has 0 radical (unpaired) electrons. The molecule has 0 amide bonds. The fraction of sp³-hybridized carbons (Fsp3) is 0.500. The summed E-state index contributed by atoms with van der Waals surface area (Å²) >= 11 is 0. The number of nitrogens with one attached hydrogen (secondary N) is 2. The van der Waals surface area contributed by atoms with Crippen molar-refractivity contribution in [2.24, 2.45) is 0 Å². The molecule has 0 aliphatic carbocycles. The van der Waals surface area contributed by atoms with Gasteiger partial charge in [-0.25, -0.2) is 21.6 Å². The van der Waals surface area contributed by atoms with Crippen LogP contribution in [0.3, 0.4) is 0 Å². The van der Waals surface area contributed by atoms with Gasteiger partial charge < -0.3 is 5.32 Å². The second-order valence-corrected chi connectivity index (χ2v) is 9.04. The highest BCUT2D eigenvalue weighted by Crippen LogP contribution is 2.23. The monoisotopic (exact) mass is 318 g/mol. The maximum Gasteiger partial charge on any atom is 0.240 e. The SMILES string of the molecule is CNS(=O)(=O)c1ccc(C)c(NC2CCS(=O)(=O)C2)c1. The molecule has 20 heavy (non-hydrogen) atoms. The van der Waals surface area contributed by atoms with Gasteiger partial charge in [0.15, 0.2) is 9.84 Å². The van der Waals surface area contributed by atoms with Crippen LogP contribution in [0.1, 0.15) is 12.0 Å². The lowest BCUT2D eigenvalue weighted by molar-refractivity contribution is 0.588. The molecule has 2 N–H and O–H groups in total. The molecule has 2 rings (SSSR count). The second kappa shape index (κ2) is 5.34. The van der Waals surface area contributed by atoms with Crippen molar-refractivity contribution in [1.82, 2.24) is 4.72 Å². The molecule has 1 heterocycles. The number of hydrogen-bond acceptors (Lipinski definition) is 5. The van der Waals surface area contributed by atoms with Gasteiger partial charge in [-0.05, 0) is 38.1 Å². The van der Waals surface area contributed by atoms with E-state index in [1.54, 1.807) is 6.07 Å². The highest BCUT2D eigenvalue weighted by molar-refractivity contribution is 7.91. The van der Waals surface area contributed by atoms with E-state index in [-0.39, 0.29) is 22.4 Å². The van der Waals surface area contributed by atoms with E-state index in [9.17, 15) is 16.8 Å². The van der Waals surface area contributed by atoms with E-state index >= 15 is 0 Å². The third-order valence-electron chi connectivity index (χ3n) is 3.38. The second-order valence-electron chi connectivity index (χ2n) is 4.93. The highest BCUT2D eigenvalue weighted by Gasteiger charge is 2.28. The molecular formula is C12H18N2O4S2. The van der Waals surface area contributed by atoms with Gasteiger partial charge in [0.1, 0.15) is 0 Å². The summed E-state index contributed by atoms with van der Waals surface area (Å²) in [5, 5.41) is 3.13. The molecule has 1 unspecified atom stereocenters. The highest BCUT2D eigenvalue weighted by atomic mass is 32.2. The summed E-state index contributed by atoms with van der Waals surface area (Å²) in [6.07, 6.45) is 0.546. The van der Waals surface area contributed by atoms with Crippen LogP contribution in [0, 0.1) is 6.92 Å². The molecule has 1 aromatic rings. The van der Waals surface area contributed by atoms with Crippen molar-refractivity contribution in [2.75, 3.05) is 23.9 Å². The first kappa shape index (κ1) is 15.3. The topological polar surface area (TPSA) is 92.3 Å². The standard InChI is InChI=1S/C12H18N2O4S2/c1-9-3-4-11(20(17,18)13-2)7-12(9)14-10-5-6-19(15,16)8-10/h3-4,7,10,13-14H,5-6,8H2,1-2H3. The first-order valence-corrected chi connectivity index (χ1v) is 9.55. The van der Waals surface area contributed by atoms with Gasteiger partial charge in [-0.1, -0.05) is 6.07 Å². The average molecular weight is 318 g/mol. The fourth-order valence-corrected chi connectivity index (χ4v) is 4.60. The number of anilines is 1. The Morgan fingerprint density at radius 2 is 2.00 bits per heavy atom. The molecule has 6 nitrogen and oxygen atoms in total. The molecule has 112 valence electrons. The van der Waals surface area contributed by atoms with Crippen molar-refractivity contribution in [3.05, 3.63) is 23.8 Å². The van der Waals surface area contributed by atoms with Crippen LogP contribution in [-0.2, 0) is 19.9 Å². The molecule has 0 aromatic heterocycles. The fourth-order valence-electron chi connectivity index (χ4n) is 2.17. The van der Waals surface area contributed by atoms with Gasteiger partial charge >= 0.3 is 0 Å². The predicted molar refractivity (Wildman–Crippen MR) is 78.1 cm³/mol. The summed E-state index contributed by atoms with van der Waals surface area (Å²) in [6, 6.07) is 4.60. The van der Waals surface area contributed by atoms with E-state index in [0.717, 1.165) is 5.56 Å². The maximum absolute atomic E-state index is 11.8. The van der Waals surface area contributed by atoms with E-state index < -0.39 is 19.9 Å². The van der Waals surface area contributed by atoms with Crippen molar-refractivity contribution in [3.63, 3.8) is 0 Å². The molecule has 1 atom stereocenters. The van der Waals surface area contributed by atoms with E-state index in [0.29, 0.717) is 12.1 Å². The first-order valence-electron chi connectivity index (χ1n) is 6.25. The van der Waals surface area contributed by atoms with Crippen molar-refractivity contribution in [1.29, 1.82) is 0 Å². The number of hydrogen-bond donors (Lipinski definition) is 2. The Morgan fingerprint density at radius 3 is 2.55 bits per heavy atom. The summed E-state index contributed by atoms with van der Waals surface area (Å²) in [5.41, 5.74) is 1.53. The van der Waals surface area contributed by atoms with Gasteiger partial charge in [-0.15, -0.1) is 0 Å². The van der Waals surface area contributed by atoms with Gasteiger partial charge in [0, 0.05) is 11.7 Å². The summed E-state index contributed by atoms with van der Waals surface area (Å²) in [4.78, 5) is 0.161. The Morgan fingerprint density at radius 1 is 1.30 bits per heavy atom. The first-order chi connectivity index (χ1) is 9.23. The number of benzene rings is 1. The van der Waals surface area contributed by atoms with Crippen LogP contribution in [0.2, 0.25) is 0 Å². The van der Waals surface area contributed by atoms with Gasteiger partial charge in [-0.3, -0.25) is 0 Å². The molecule has 1 aromatic carbocycles. The summed E-state index contributed by atoms with van der Waals surface area (Å²) in [5.74, 6) is 0.271. The predicted octanol–water partition coefficient (Wildman–Crippen LogP) is 0.502. The van der Waals surface area contributed by atoms with E-state index in [1.165, 1.54) is 19.2 Å². The lowest BCUT2D eigenvalue weighted by atomic mass is 10.1. The normalized spacial score (nSPS) is 21.8. The number of sulfone groups is 1. The largest absolute Gasteiger partial charge is 0.381 e. The van der Waals surface area contributed by atoms with Crippen LogP contribution < -0.4 is 10.0 Å². The molecule has 1 saturated heterocycles. The van der Waals surface area contributed by atoms with Crippen molar-refractivity contribution in [3.8, 4) is 0 Å². The van der Waals surface area contributed by atoms with Gasteiger partial charge in [0.25, 0.3) is 0 Å². The molecule has 0 saturated carbocycles.